The second-order valence-corrected chi connectivity index (χ2v) is 27.5. The average molecular weight is 1420 g/mol. The number of likely N-dealkylation sites (N-methyl/N-ethyl adjacent to an activating group) is 2. The molecule has 4 rings (SSSR count). The number of amides is 13. The van der Waals surface area contributed by atoms with Crippen LogP contribution in [0, 0.1) is 29.6 Å². The number of methoxy groups -OCH3 is 2. The van der Waals surface area contributed by atoms with Gasteiger partial charge in [-0.2, -0.15) is 0 Å². The summed E-state index contributed by atoms with van der Waals surface area (Å²) in [4.78, 5) is 165. The quantitative estimate of drug-likeness (QED) is 0.0333. The number of carbonyl (C=O) groups excluding carboxylic acids is 12. The normalized spacial score (nSPS) is 17.3. The Morgan fingerprint density at radius 2 is 1.31 bits per heavy atom. The van der Waals surface area contributed by atoms with Crippen molar-refractivity contribution in [2.75, 3.05) is 59.8 Å². The molecule has 2 aromatic rings. The minimum atomic E-state index is -1.18. The zero-order valence-electron chi connectivity index (χ0n) is 61.4. The van der Waals surface area contributed by atoms with Gasteiger partial charge in [-0.3, -0.25) is 57.7 Å². The van der Waals surface area contributed by atoms with Gasteiger partial charge in [0.2, 0.25) is 47.3 Å². The summed E-state index contributed by atoms with van der Waals surface area (Å²) in [6.07, 6.45) is 2.93. The maximum absolute atomic E-state index is 14.8. The molecule has 101 heavy (non-hydrogen) atoms. The molecule has 1 fully saturated rings. The predicted molar refractivity (Wildman–Crippen MR) is 379 cm³/mol. The average Bonchev–Trinajstić information content (AvgIpc) is 1.79. The van der Waals surface area contributed by atoms with Crippen LogP contribution in [0.2, 0.25) is 0 Å². The second-order valence-electron chi connectivity index (χ2n) is 27.5. The SMILES string of the molecule is CC[C@H](C)[C@@H]([C@@H](CC(=O)N1CCC[C@H]1[C@H](OC)[C@@H](C)C(=O)N[C@H](C)[C@@H](O)c1ccccc1)OC)N(C)C(=O)[C@@H](NC(=O)[C@H](C(C)C)N(C)C(=O)OCc1ccc(NC(=O)[C@H](CCCNC(N)=O)NC(=O)[C@@H](NC(=O)[C@@H](N)CCC(=O)NCCCCCN2C(=O)C=CC2=O)C(C)C)cc1)C(C)C. The van der Waals surface area contributed by atoms with Crippen LogP contribution >= 0.6 is 0 Å². The molecule has 0 bridgehead atoms. The Kier molecular flexibility index (Phi) is 35.3. The van der Waals surface area contributed by atoms with E-state index >= 15 is 0 Å². The maximum Gasteiger partial charge on any atom is 0.410 e. The highest BCUT2D eigenvalue weighted by atomic mass is 16.6. The van der Waals surface area contributed by atoms with Crippen molar-refractivity contribution in [3.63, 3.8) is 0 Å². The lowest BCUT2D eigenvalue weighted by molar-refractivity contribution is -0.148. The first-order valence-electron chi connectivity index (χ1n) is 35.2. The lowest BCUT2D eigenvalue weighted by Gasteiger charge is -2.41. The van der Waals surface area contributed by atoms with Crippen LogP contribution in [0.1, 0.15) is 157 Å². The largest absolute Gasteiger partial charge is 0.445 e. The van der Waals surface area contributed by atoms with Crippen LogP contribution in [0.25, 0.3) is 0 Å². The number of aliphatic hydroxyl groups is 1. The highest BCUT2D eigenvalue weighted by Crippen LogP contribution is 2.31. The van der Waals surface area contributed by atoms with E-state index in [1.54, 1.807) is 109 Å². The Labute approximate surface area is 594 Å². The van der Waals surface area contributed by atoms with E-state index in [2.05, 4.69) is 37.2 Å². The number of unbranched alkanes of at least 4 members (excludes halogenated alkanes) is 2. The van der Waals surface area contributed by atoms with Crippen molar-refractivity contribution in [1.29, 1.82) is 0 Å². The molecular weight excluding hydrogens is 1300 g/mol. The first-order chi connectivity index (χ1) is 47.8. The van der Waals surface area contributed by atoms with Crippen LogP contribution < -0.4 is 48.7 Å². The zero-order valence-corrected chi connectivity index (χ0v) is 61.4. The number of primary amides is 1. The van der Waals surface area contributed by atoms with Gasteiger partial charge in [0.1, 0.15) is 30.8 Å². The van der Waals surface area contributed by atoms with Crippen molar-refractivity contribution in [3.8, 4) is 0 Å². The van der Waals surface area contributed by atoms with Gasteiger partial charge in [-0.25, -0.2) is 9.59 Å². The third kappa shape index (κ3) is 25.8. The van der Waals surface area contributed by atoms with Gasteiger partial charge < -0.3 is 77.8 Å². The molecule has 2 aliphatic rings. The van der Waals surface area contributed by atoms with Gasteiger partial charge >= 0.3 is 12.1 Å². The van der Waals surface area contributed by atoms with Crippen LogP contribution in [-0.4, -0.2) is 211 Å². The number of anilines is 1. The van der Waals surface area contributed by atoms with Gasteiger partial charge in [0, 0.05) is 78.8 Å². The van der Waals surface area contributed by atoms with E-state index in [-0.39, 0.29) is 87.3 Å². The number of urea groups is 1. The van der Waals surface area contributed by atoms with E-state index in [9.17, 15) is 62.6 Å². The molecule has 12 N–H and O–H groups in total. The summed E-state index contributed by atoms with van der Waals surface area (Å²) in [5.41, 5.74) is 12.9. The zero-order chi connectivity index (χ0) is 75.4. The number of aliphatic hydroxyl groups excluding tert-OH is 1. The van der Waals surface area contributed by atoms with E-state index in [0.717, 1.165) is 9.80 Å². The Balaban J connectivity index is 1.35. The Hall–Kier alpha value is -8.54. The maximum atomic E-state index is 14.8. The predicted octanol–water partition coefficient (Wildman–Crippen LogP) is 3.91. The van der Waals surface area contributed by atoms with Crippen molar-refractivity contribution >= 4 is 76.9 Å². The molecule has 2 aromatic carbocycles. The molecular formula is C72H113N13O16. The van der Waals surface area contributed by atoms with Gasteiger partial charge in [0.25, 0.3) is 11.8 Å². The highest BCUT2D eigenvalue weighted by Gasteiger charge is 2.44. The summed E-state index contributed by atoms with van der Waals surface area (Å²) in [5.74, 6) is -6.93. The Morgan fingerprint density at radius 1 is 0.683 bits per heavy atom. The fourth-order valence-electron chi connectivity index (χ4n) is 12.7. The van der Waals surface area contributed by atoms with Crippen LogP contribution in [0.15, 0.2) is 66.7 Å². The van der Waals surface area contributed by atoms with E-state index in [0.29, 0.717) is 68.4 Å². The van der Waals surface area contributed by atoms with Gasteiger partial charge in [-0.05, 0) is 105 Å². The third-order valence-electron chi connectivity index (χ3n) is 18.8. The molecule has 562 valence electrons. The molecule has 0 aromatic heterocycles. The molecule has 13 amide bonds. The number of nitrogens with zero attached hydrogens (tertiary/aromatic N) is 4. The van der Waals surface area contributed by atoms with E-state index < -0.39 is 132 Å². The number of hydrogen-bond donors (Lipinski definition) is 10. The topological polar surface area (TPSA) is 402 Å². The van der Waals surface area contributed by atoms with Gasteiger partial charge in [0.15, 0.2) is 0 Å². The van der Waals surface area contributed by atoms with Crippen molar-refractivity contribution in [1.82, 2.24) is 51.5 Å². The standard InChI is InChI=1S/C72H113N13O16/c1-15-45(8)62(54(99-13)40-58(89)84-39-23-27-53(84)64(100-14)46(9)65(91)77-47(10)63(90)49-24-18-16-19-25-49)82(11)70(96)60(43(4)5)81-69(95)61(44(6)7)83(12)72(98)101-41-48-28-30-50(31-29-48)78-67(93)52(26-22-37-76-71(74)97)79-68(94)59(42(2)3)80-66(92)51(73)32-33-55(86)75-36-20-17-21-38-85-56(87)34-35-57(85)88/h16,18-19,24-25,28-31,34-35,42-47,51-54,59-64,90H,15,17,20-23,26-27,32-33,36-41,73H2,1-14H3,(H,75,86)(H,77,91)(H,78,93)(H,79,94)(H,80,92)(H,81,95)(H3,74,76,97)/t45-,46+,47+,51-,52-,53-,54+,59-,60-,61-,62-,63+,64+/m0/s1. The molecule has 1 saturated heterocycles. The molecule has 2 heterocycles. The number of rotatable bonds is 42. The number of imide groups is 1. The van der Waals surface area contributed by atoms with E-state index in [1.165, 1.54) is 33.4 Å². The second kappa shape index (κ2) is 42.0. The molecule has 0 spiro atoms. The van der Waals surface area contributed by atoms with Gasteiger partial charge in [-0.1, -0.05) is 111 Å². The monoisotopic (exact) mass is 1420 g/mol. The molecule has 29 nitrogen and oxygen atoms in total. The van der Waals surface area contributed by atoms with E-state index in [1.807, 2.05) is 32.0 Å². The first-order valence-corrected chi connectivity index (χ1v) is 35.2. The minimum absolute atomic E-state index is 0.0335. The highest BCUT2D eigenvalue weighted by molar-refractivity contribution is 6.12. The fraction of sp³-hybridized carbons (Fsp3) is 0.639. The Morgan fingerprint density at radius 3 is 1.89 bits per heavy atom. The number of nitrogens with two attached hydrogens (primary N) is 2. The molecule has 0 saturated carbocycles. The number of benzene rings is 2. The van der Waals surface area contributed by atoms with E-state index in [4.69, 9.17) is 25.7 Å². The summed E-state index contributed by atoms with van der Waals surface area (Å²) >= 11 is 0. The van der Waals surface area contributed by atoms with Crippen molar-refractivity contribution < 1.29 is 76.9 Å². The van der Waals surface area contributed by atoms with Crippen LogP contribution in [0.5, 0.6) is 0 Å². The van der Waals surface area contributed by atoms with Crippen LogP contribution in [0.3, 0.4) is 0 Å². The van der Waals surface area contributed by atoms with Crippen molar-refractivity contribution in [2.45, 2.75) is 213 Å². The first kappa shape index (κ1) is 84.9. The molecule has 0 unspecified atom stereocenters. The lowest BCUT2D eigenvalue weighted by Crippen LogP contribution is -2.60. The van der Waals surface area contributed by atoms with Crippen LogP contribution in [0.4, 0.5) is 15.3 Å². The number of carbonyl (C=O) groups is 12. The number of hydrogen-bond acceptors (Lipinski definition) is 17. The lowest BCUT2D eigenvalue weighted by atomic mass is 9.89. The van der Waals surface area contributed by atoms with Gasteiger partial charge in [-0.15, -0.1) is 0 Å². The summed E-state index contributed by atoms with van der Waals surface area (Å²) in [5, 5.41) is 30.2. The molecule has 13 atom stereocenters. The number of ether oxygens (including phenoxy) is 3. The molecule has 29 heteroatoms. The summed E-state index contributed by atoms with van der Waals surface area (Å²) in [7, 11) is 6.05. The molecule has 0 radical (unpaired) electrons. The van der Waals surface area contributed by atoms with Crippen molar-refractivity contribution in [3.05, 3.63) is 77.9 Å². The summed E-state index contributed by atoms with van der Waals surface area (Å²) in [6, 6.07) is 7.20. The van der Waals surface area contributed by atoms with Crippen LogP contribution in [-0.2, 0) is 68.8 Å². The third-order valence-corrected chi connectivity index (χ3v) is 18.8. The summed E-state index contributed by atoms with van der Waals surface area (Å²) in [6.45, 7) is 18.8. The molecule has 0 aliphatic carbocycles. The summed E-state index contributed by atoms with van der Waals surface area (Å²) < 4.78 is 17.8. The Bertz CT molecular complexity index is 3100. The smallest absolute Gasteiger partial charge is 0.410 e. The fourth-order valence-corrected chi connectivity index (χ4v) is 12.7. The van der Waals surface area contributed by atoms with Crippen molar-refractivity contribution in [2.24, 2.45) is 41.1 Å². The molecule has 2 aliphatic heterocycles. The minimum Gasteiger partial charge on any atom is -0.445 e. The number of nitrogens with one attached hydrogen (secondary N) is 7. The number of likely N-dealkylation sites (tertiary alicyclic amines) is 1. The van der Waals surface area contributed by atoms with Gasteiger partial charge in [0.05, 0.1) is 54.8 Å².